The molecule has 0 radical (unpaired) electrons. The third-order valence-corrected chi connectivity index (χ3v) is 5.18. The molecule has 1 amide bonds. The monoisotopic (exact) mass is 398 g/mol. The number of aromatic nitrogens is 2. The zero-order valence-electron chi connectivity index (χ0n) is 17.4. The van der Waals surface area contributed by atoms with Gasteiger partial charge in [0.1, 0.15) is 5.69 Å². The number of aryl methyl sites for hydroxylation is 3. The zero-order valence-corrected chi connectivity index (χ0v) is 17.4. The van der Waals surface area contributed by atoms with Crippen molar-refractivity contribution in [2.75, 3.05) is 11.1 Å². The Balaban J connectivity index is 1.62. The number of nitrogens with one attached hydrogen (secondary N) is 1. The molecule has 1 aliphatic carbocycles. The lowest BCUT2D eigenvalue weighted by atomic mass is 9.91. The van der Waals surface area contributed by atoms with E-state index in [2.05, 4.69) is 5.32 Å². The molecule has 30 heavy (non-hydrogen) atoms. The van der Waals surface area contributed by atoms with E-state index in [0.717, 1.165) is 46.6 Å². The van der Waals surface area contributed by atoms with E-state index in [-0.39, 0.29) is 5.91 Å². The Morgan fingerprint density at radius 3 is 2.67 bits per heavy atom. The van der Waals surface area contributed by atoms with Crippen LogP contribution in [-0.4, -0.2) is 15.9 Å². The molecular weight excluding hydrogens is 372 g/mol. The van der Waals surface area contributed by atoms with Crippen molar-refractivity contribution in [2.24, 2.45) is 0 Å². The van der Waals surface area contributed by atoms with Gasteiger partial charge in [0.05, 0.1) is 11.4 Å². The number of amides is 1. The number of nitrogen functional groups attached to an aromatic ring is 1. The molecule has 0 fully saturated rings. The molecule has 3 aromatic rings. The number of carbonyl (C=O) groups excluding carboxylic acids is 1. The van der Waals surface area contributed by atoms with Gasteiger partial charge in [0, 0.05) is 17.7 Å². The number of hydrogen-bond acceptors (Lipinski definition) is 4. The Morgan fingerprint density at radius 2 is 1.90 bits per heavy atom. The highest BCUT2D eigenvalue weighted by molar-refractivity contribution is 5.92. The molecule has 4 rings (SSSR count). The number of benzene rings is 2. The Morgan fingerprint density at radius 1 is 1.10 bits per heavy atom. The van der Waals surface area contributed by atoms with Crippen LogP contribution < -0.4 is 11.1 Å². The van der Waals surface area contributed by atoms with Crippen molar-refractivity contribution >= 4 is 23.5 Å². The molecule has 3 N–H and O–H groups in total. The Bertz CT molecular complexity index is 1120. The fourth-order valence-corrected chi connectivity index (χ4v) is 3.74. The van der Waals surface area contributed by atoms with Crippen molar-refractivity contribution in [3.05, 3.63) is 76.6 Å². The lowest BCUT2D eigenvalue weighted by molar-refractivity contribution is -0.116. The SMILES string of the molecule is CC(C)=Cc1nc2c(nc1NC(=O)CCc1ccccc1)CCc1cc(N)ccc1-2. The summed E-state index contributed by atoms with van der Waals surface area (Å²) < 4.78 is 0. The summed E-state index contributed by atoms with van der Waals surface area (Å²) >= 11 is 0. The molecule has 5 nitrogen and oxygen atoms in total. The molecule has 0 spiro atoms. The number of nitrogens with zero attached hydrogens (tertiary/aromatic N) is 2. The largest absolute Gasteiger partial charge is 0.399 e. The third-order valence-electron chi connectivity index (χ3n) is 5.18. The minimum absolute atomic E-state index is 0.0551. The molecule has 0 saturated carbocycles. The van der Waals surface area contributed by atoms with E-state index in [1.807, 2.05) is 68.5 Å². The minimum Gasteiger partial charge on any atom is -0.399 e. The summed E-state index contributed by atoms with van der Waals surface area (Å²) in [4.78, 5) is 22.3. The van der Waals surface area contributed by atoms with Gasteiger partial charge in [0.25, 0.3) is 0 Å². The molecule has 1 aromatic heterocycles. The van der Waals surface area contributed by atoms with Crippen molar-refractivity contribution in [1.82, 2.24) is 9.97 Å². The average molecular weight is 399 g/mol. The van der Waals surface area contributed by atoms with Gasteiger partial charge in [-0.1, -0.05) is 42.0 Å². The number of rotatable bonds is 5. The summed E-state index contributed by atoms with van der Waals surface area (Å²) in [7, 11) is 0. The standard InChI is InChI=1S/C25H26N4O/c1-16(2)14-22-25(29-23(30)13-8-17-6-4-3-5-7-17)28-21-12-9-18-15-19(26)10-11-20(18)24(21)27-22/h3-7,10-11,14-15H,8-9,12-13,26H2,1-2H3,(H,28,29,30). The first-order valence-corrected chi connectivity index (χ1v) is 10.3. The predicted molar refractivity (Wildman–Crippen MR) is 122 cm³/mol. The van der Waals surface area contributed by atoms with E-state index in [1.165, 1.54) is 5.56 Å². The number of nitrogens with two attached hydrogens (primary N) is 1. The van der Waals surface area contributed by atoms with Gasteiger partial charge in [-0.25, -0.2) is 9.97 Å². The lowest BCUT2D eigenvalue weighted by Gasteiger charge is -2.20. The molecule has 2 aromatic carbocycles. The van der Waals surface area contributed by atoms with Crippen LogP contribution in [0.5, 0.6) is 0 Å². The van der Waals surface area contributed by atoms with Crippen LogP contribution in [0.15, 0.2) is 54.1 Å². The Hall–Kier alpha value is -3.47. The van der Waals surface area contributed by atoms with Gasteiger partial charge in [0.2, 0.25) is 5.91 Å². The van der Waals surface area contributed by atoms with Gasteiger partial charge in [-0.2, -0.15) is 0 Å². The van der Waals surface area contributed by atoms with Gasteiger partial charge < -0.3 is 11.1 Å². The maximum Gasteiger partial charge on any atom is 0.225 e. The first-order chi connectivity index (χ1) is 14.5. The van der Waals surface area contributed by atoms with E-state index in [1.54, 1.807) is 0 Å². The second-order valence-electron chi connectivity index (χ2n) is 7.92. The highest BCUT2D eigenvalue weighted by Crippen LogP contribution is 2.34. The predicted octanol–water partition coefficient (Wildman–Crippen LogP) is 4.82. The molecule has 5 heteroatoms. The van der Waals surface area contributed by atoms with Crippen molar-refractivity contribution in [2.45, 2.75) is 39.5 Å². The summed E-state index contributed by atoms with van der Waals surface area (Å²) in [6, 6.07) is 15.9. The van der Waals surface area contributed by atoms with Gasteiger partial charge in [-0.05, 0) is 62.4 Å². The second kappa shape index (κ2) is 8.49. The maximum atomic E-state index is 12.6. The van der Waals surface area contributed by atoms with Crippen molar-refractivity contribution < 1.29 is 4.79 Å². The van der Waals surface area contributed by atoms with Crippen LogP contribution in [0.25, 0.3) is 17.3 Å². The quantitative estimate of drug-likeness (QED) is 0.604. The third kappa shape index (κ3) is 4.40. The van der Waals surface area contributed by atoms with Gasteiger partial charge in [-0.15, -0.1) is 0 Å². The number of fused-ring (bicyclic) bond motifs is 3. The fourth-order valence-electron chi connectivity index (χ4n) is 3.74. The van der Waals surface area contributed by atoms with Crippen LogP contribution in [0, 0.1) is 0 Å². The minimum atomic E-state index is -0.0551. The van der Waals surface area contributed by atoms with Crippen LogP contribution in [0.1, 0.15) is 42.8 Å². The van der Waals surface area contributed by atoms with Gasteiger partial charge in [-0.3, -0.25) is 4.79 Å². The molecule has 0 bridgehead atoms. The smallest absolute Gasteiger partial charge is 0.225 e. The van der Waals surface area contributed by atoms with E-state index < -0.39 is 0 Å². The van der Waals surface area contributed by atoms with Crippen molar-refractivity contribution in [1.29, 1.82) is 0 Å². The van der Waals surface area contributed by atoms with Crippen LogP contribution in [0.3, 0.4) is 0 Å². The zero-order chi connectivity index (χ0) is 21.1. The number of hydrogen-bond donors (Lipinski definition) is 2. The molecule has 1 aliphatic rings. The summed E-state index contributed by atoms with van der Waals surface area (Å²) in [6.07, 6.45) is 4.70. The molecule has 0 unspecified atom stereocenters. The molecular formula is C25H26N4O. The van der Waals surface area contributed by atoms with E-state index in [9.17, 15) is 4.79 Å². The van der Waals surface area contributed by atoms with E-state index >= 15 is 0 Å². The average Bonchev–Trinajstić information content (AvgIpc) is 2.73. The molecule has 1 heterocycles. The Kier molecular flexibility index (Phi) is 5.61. The van der Waals surface area contributed by atoms with Crippen LogP contribution in [-0.2, 0) is 24.1 Å². The van der Waals surface area contributed by atoms with Crippen molar-refractivity contribution in [3.8, 4) is 11.3 Å². The van der Waals surface area contributed by atoms with Crippen LogP contribution >= 0.6 is 0 Å². The van der Waals surface area contributed by atoms with E-state index in [0.29, 0.717) is 24.4 Å². The topological polar surface area (TPSA) is 80.9 Å². The number of allylic oxidation sites excluding steroid dienone is 1. The number of anilines is 2. The summed E-state index contributed by atoms with van der Waals surface area (Å²) in [5.74, 6) is 0.479. The second-order valence-corrected chi connectivity index (χ2v) is 7.92. The van der Waals surface area contributed by atoms with Crippen molar-refractivity contribution in [3.63, 3.8) is 0 Å². The summed E-state index contributed by atoms with van der Waals surface area (Å²) in [5, 5.41) is 2.99. The highest BCUT2D eigenvalue weighted by Gasteiger charge is 2.22. The summed E-state index contributed by atoms with van der Waals surface area (Å²) in [5.41, 5.74) is 13.7. The Labute approximate surface area is 177 Å². The summed E-state index contributed by atoms with van der Waals surface area (Å²) in [6.45, 7) is 4.02. The molecule has 0 atom stereocenters. The molecule has 152 valence electrons. The van der Waals surface area contributed by atoms with E-state index in [4.69, 9.17) is 15.7 Å². The maximum absolute atomic E-state index is 12.6. The normalized spacial score (nSPS) is 11.9. The highest BCUT2D eigenvalue weighted by atomic mass is 16.1. The first kappa shape index (κ1) is 19.8. The molecule has 0 saturated heterocycles. The number of carbonyl (C=O) groups is 1. The van der Waals surface area contributed by atoms with Crippen LogP contribution in [0.2, 0.25) is 0 Å². The van der Waals surface area contributed by atoms with Gasteiger partial charge in [0.15, 0.2) is 5.82 Å². The first-order valence-electron chi connectivity index (χ1n) is 10.3. The lowest BCUT2D eigenvalue weighted by Crippen LogP contribution is -2.18. The van der Waals surface area contributed by atoms with Crippen LogP contribution in [0.4, 0.5) is 11.5 Å². The fraction of sp³-hybridized carbons (Fsp3) is 0.240. The molecule has 0 aliphatic heterocycles. The van der Waals surface area contributed by atoms with Gasteiger partial charge >= 0.3 is 0 Å².